The molecule has 10 nitrogen and oxygen atoms in total. The number of nitro benzene ring substituents is 2. The largest absolute Gasteiger partial charge is 0.492 e. The predicted molar refractivity (Wildman–Crippen MR) is 63.7 cm³/mol. The molecule has 1 aromatic carbocycles. The average Bonchev–Trinajstić information content (AvgIpc) is 2.65. The molecule has 0 saturated heterocycles. The Morgan fingerprint density at radius 3 is 2.10 bits per heavy atom. The maximum Gasteiger partial charge on any atom is 0.284 e. The molecular weight excluding hydrogens is 274 g/mol. The van der Waals surface area contributed by atoms with Crippen LogP contribution in [0.25, 0.3) is 11.1 Å². The Balaban J connectivity index is 2.70. The fraction of sp³-hybridized carbons (Fsp3) is 0. The van der Waals surface area contributed by atoms with Crippen molar-refractivity contribution in [2.24, 2.45) is 0 Å². The Morgan fingerprint density at radius 1 is 1.00 bits per heavy atom. The lowest BCUT2D eigenvalue weighted by molar-refractivity contribution is -0.393. The highest BCUT2D eigenvalue weighted by molar-refractivity contribution is 5.79. The summed E-state index contributed by atoms with van der Waals surface area (Å²) in [5.41, 5.74) is -1.54. The molecule has 0 fully saturated rings. The molecule has 20 heavy (non-hydrogen) atoms. The van der Waals surface area contributed by atoms with Crippen molar-refractivity contribution in [1.82, 2.24) is 4.73 Å². The summed E-state index contributed by atoms with van der Waals surface area (Å²) in [5, 5.41) is 49.5. The van der Waals surface area contributed by atoms with Gasteiger partial charge in [-0.2, -0.15) is 0 Å². The molecule has 0 saturated carbocycles. The molecule has 2 aromatic rings. The maximum atomic E-state index is 10.9. The van der Waals surface area contributed by atoms with E-state index in [2.05, 4.69) is 0 Å². The molecule has 0 aliphatic carbocycles. The van der Waals surface area contributed by atoms with Gasteiger partial charge in [0.1, 0.15) is 0 Å². The van der Waals surface area contributed by atoms with Crippen LogP contribution in [0, 0.1) is 20.2 Å². The fourth-order valence-electron chi connectivity index (χ4n) is 1.69. The van der Waals surface area contributed by atoms with Crippen molar-refractivity contribution in [2.75, 3.05) is 0 Å². The van der Waals surface area contributed by atoms with Gasteiger partial charge in [-0.05, 0) is 6.07 Å². The first-order chi connectivity index (χ1) is 9.32. The summed E-state index contributed by atoms with van der Waals surface area (Å²) >= 11 is 0. The van der Waals surface area contributed by atoms with E-state index in [9.17, 15) is 35.6 Å². The van der Waals surface area contributed by atoms with Crippen LogP contribution in [-0.4, -0.2) is 30.0 Å². The van der Waals surface area contributed by atoms with Crippen molar-refractivity contribution < 1.29 is 25.3 Å². The number of hydrogen-bond donors (Lipinski definition) is 3. The lowest BCUT2D eigenvalue weighted by Crippen LogP contribution is -1.95. The lowest BCUT2D eigenvalue weighted by atomic mass is 10.1. The Labute approximate surface area is 110 Å². The van der Waals surface area contributed by atoms with Crippen molar-refractivity contribution in [3.63, 3.8) is 0 Å². The van der Waals surface area contributed by atoms with Crippen molar-refractivity contribution >= 4 is 11.4 Å². The van der Waals surface area contributed by atoms with Crippen LogP contribution in [-0.2, 0) is 0 Å². The summed E-state index contributed by atoms with van der Waals surface area (Å²) in [4.78, 5) is 19.9. The normalized spacial score (nSPS) is 10.4. The molecule has 0 unspecified atom stereocenters. The van der Waals surface area contributed by atoms with E-state index >= 15 is 0 Å². The second kappa shape index (κ2) is 4.42. The van der Waals surface area contributed by atoms with Gasteiger partial charge < -0.3 is 15.4 Å². The van der Waals surface area contributed by atoms with Crippen LogP contribution in [0.15, 0.2) is 24.3 Å². The van der Waals surface area contributed by atoms with Gasteiger partial charge in [0.15, 0.2) is 0 Å². The number of nitro groups is 2. The van der Waals surface area contributed by atoms with Gasteiger partial charge in [0.2, 0.25) is 11.8 Å². The van der Waals surface area contributed by atoms with E-state index in [1.165, 1.54) is 0 Å². The van der Waals surface area contributed by atoms with E-state index in [0.29, 0.717) is 0 Å². The second-order valence-electron chi connectivity index (χ2n) is 3.77. The quantitative estimate of drug-likeness (QED) is 0.439. The van der Waals surface area contributed by atoms with Gasteiger partial charge in [-0.3, -0.25) is 20.2 Å². The van der Waals surface area contributed by atoms with Crippen molar-refractivity contribution in [3.8, 4) is 22.9 Å². The van der Waals surface area contributed by atoms with E-state index in [-0.39, 0.29) is 15.9 Å². The zero-order valence-electron chi connectivity index (χ0n) is 9.63. The number of non-ortho nitro benzene ring substituents is 1. The molecule has 3 N–H and O–H groups in total. The summed E-state index contributed by atoms with van der Waals surface area (Å²) in [6.45, 7) is 0. The van der Waals surface area contributed by atoms with Crippen molar-refractivity contribution in [1.29, 1.82) is 0 Å². The summed E-state index contributed by atoms with van der Waals surface area (Å²) in [5.74, 6) is -1.55. The third kappa shape index (κ3) is 1.94. The Hall–Kier alpha value is -3.30. The summed E-state index contributed by atoms with van der Waals surface area (Å²) < 4.78 is 0.0282. The van der Waals surface area contributed by atoms with Gasteiger partial charge in [-0.15, -0.1) is 4.73 Å². The molecular formula is C10H7N3O7. The van der Waals surface area contributed by atoms with Crippen LogP contribution < -0.4 is 0 Å². The molecule has 10 heteroatoms. The van der Waals surface area contributed by atoms with Crippen LogP contribution in [0.5, 0.6) is 11.8 Å². The minimum absolute atomic E-state index is 0.0282. The van der Waals surface area contributed by atoms with E-state index in [1.54, 1.807) is 0 Å². The zero-order chi connectivity index (χ0) is 15.0. The van der Waals surface area contributed by atoms with Gasteiger partial charge in [0, 0.05) is 12.1 Å². The maximum absolute atomic E-state index is 10.9. The molecule has 0 bridgehead atoms. The third-order valence-electron chi connectivity index (χ3n) is 2.61. The molecule has 0 radical (unpaired) electrons. The first kappa shape index (κ1) is 13.1. The minimum Gasteiger partial charge on any atom is -0.492 e. The van der Waals surface area contributed by atoms with Crippen LogP contribution in [0.4, 0.5) is 11.4 Å². The lowest BCUT2D eigenvalue weighted by Gasteiger charge is -2.02. The first-order valence-electron chi connectivity index (χ1n) is 5.09. The van der Waals surface area contributed by atoms with E-state index in [0.717, 1.165) is 24.3 Å². The van der Waals surface area contributed by atoms with Crippen LogP contribution in [0.1, 0.15) is 0 Å². The van der Waals surface area contributed by atoms with Crippen LogP contribution >= 0.6 is 0 Å². The highest BCUT2D eigenvalue weighted by Crippen LogP contribution is 2.40. The highest BCUT2D eigenvalue weighted by atomic mass is 16.6. The van der Waals surface area contributed by atoms with E-state index in [4.69, 9.17) is 0 Å². The second-order valence-corrected chi connectivity index (χ2v) is 3.77. The van der Waals surface area contributed by atoms with Crippen LogP contribution in [0.3, 0.4) is 0 Å². The molecule has 0 atom stereocenters. The van der Waals surface area contributed by atoms with Crippen molar-refractivity contribution in [2.45, 2.75) is 0 Å². The van der Waals surface area contributed by atoms with E-state index < -0.39 is 33.0 Å². The monoisotopic (exact) mass is 281 g/mol. The van der Waals surface area contributed by atoms with Gasteiger partial charge in [0.05, 0.1) is 27.0 Å². The molecule has 104 valence electrons. The number of benzene rings is 1. The predicted octanol–water partition coefficient (Wildman–Crippen LogP) is 1.62. The van der Waals surface area contributed by atoms with Gasteiger partial charge in [-0.25, -0.2) is 0 Å². The first-order valence-corrected chi connectivity index (χ1v) is 5.09. The molecule has 0 aliphatic heterocycles. The minimum atomic E-state index is -0.868. The Morgan fingerprint density at radius 2 is 1.65 bits per heavy atom. The summed E-state index contributed by atoms with van der Waals surface area (Å²) in [7, 11) is 0. The molecule has 0 aliphatic rings. The number of rotatable bonds is 3. The molecule has 2 rings (SSSR count). The molecule has 1 aromatic heterocycles. The topological polar surface area (TPSA) is 152 Å². The Bertz CT molecular complexity index is 722. The number of aromatic hydroxyl groups is 2. The van der Waals surface area contributed by atoms with Crippen molar-refractivity contribution in [3.05, 3.63) is 44.5 Å². The SMILES string of the molecule is O=[N+]([O-])c1ccc(-c2cc(O)n(O)c2O)c([N+](=O)[O-])c1. The standard InChI is InChI=1S/C10H7N3O7/c14-9-4-7(10(15)11(9)16)6-2-1-5(12(17)18)3-8(6)13(19)20/h1-4,14-16H. The number of nitrogens with zero attached hydrogens (tertiary/aromatic N) is 3. The molecule has 0 spiro atoms. The highest BCUT2D eigenvalue weighted by Gasteiger charge is 2.25. The van der Waals surface area contributed by atoms with Gasteiger partial charge in [0.25, 0.3) is 11.4 Å². The van der Waals surface area contributed by atoms with Gasteiger partial charge in [-0.1, -0.05) is 0 Å². The number of aromatic nitrogens is 1. The van der Waals surface area contributed by atoms with Gasteiger partial charge >= 0.3 is 0 Å². The summed E-state index contributed by atoms with van der Waals surface area (Å²) in [6.07, 6.45) is 0. The number of hydrogen-bond acceptors (Lipinski definition) is 7. The zero-order valence-corrected chi connectivity index (χ0v) is 9.63. The molecule has 0 amide bonds. The third-order valence-corrected chi connectivity index (χ3v) is 2.61. The fourth-order valence-corrected chi connectivity index (χ4v) is 1.69. The molecule has 1 heterocycles. The average molecular weight is 281 g/mol. The summed E-state index contributed by atoms with van der Waals surface area (Å²) in [6, 6.07) is 3.67. The Kier molecular flexibility index (Phi) is 2.90. The van der Waals surface area contributed by atoms with Crippen LogP contribution in [0.2, 0.25) is 0 Å². The smallest absolute Gasteiger partial charge is 0.284 e. The van der Waals surface area contributed by atoms with E-state index in [1.807, 2.05) is 0 Å².